The number of allylic oxidation sites excluding steroid dienone is 2. The molecule has 3 aliphatic rings. The van der Waals surface area contributed by atoms with Gasteiger partial charge in [0.15, 0.2) is 0 Å². The lowest BCUT2D eigenvalue weighted by Crippen LogP contribution is -2.44. The highest BCUT2D eigenvalue weighted by Gasteiger charge is 2.45. The first-order chi connectivity index (χ1) is 15.0. The molecule has 0 radical (unpaired) electrons. The van der Waals surface area contributed by atoms with Crippen molar-refractivity contribution >= 4 is 17.9 Å². The minimum Gasteiger partial charge on any atom is -0.481 e. The summed E-state index contributed by atoms with van der Waals surface area (Å²) in [5, 5.41) is 19.6. The van der Waals surface area contributed by atoms with Crippen LogP contribution in [0.2, 0.25) is 0 Å². The molecule has 1 heterocycles. The van der Waals surface area contributed by atoms with Crippen molar-refractivity contribution in [3.63, 3.8) is 0 Å². The van der Waals surface area contributed by atoms with E-state index in [1.165, 1.54) is 0 Å². The van der Waals surface area contributed by atoms with Crippen LogP contribution in [-0.2, 0) is 23.9 Å². The summed E-state index contributed by atoms with van der Waals surface area (Å²) in [5.74, 6) is -2.09. The molecule has 0 unspecified atom stereocenters. The number of hydrogen-bond acceptors (Lipinski definition) is 6. The number of carboxylic acid groups (broad SMARTS) is 1. The van der Waals surface area contributed by atoms with E-state index in [1.54, 1.807) is 6.08 Å². The molecule has 7 nitrogen and oxygen atoms in total. The second-order valence-corrected chi connectivity index (χ2v) is 10.2. The van der Waals surface area contributed by atoms with E-state index in [0.717, 1.165) is 12.0 Å². The Kier molecular flexibility index (Phi) is 7.48. The minimum absolute atomic E-state index is 0.0381. The number of aliphatic hydroxyl groups excluding tert-OH is 1. The predicted octanol–water partition coefficient (Wildman–Crippen LogP) is 3.65. The van der Waals surface area contributed by atoms with Gasteiger partial charge < -0.3 is 19.7 Å². The monoisotopic (exact) mass is 448 g/mol. The standard InChI is InChI=1S/C25H36O7/c1-5-25(3,4)24(30)32-20-11-16(23(28)29)10-15-7-6-14(2)19(22(15)20)9-8-18-12-17(26)13-21(27)31-18/h6-7,10,14,16-20,22,26H,5,8-9,11-13H2,1-4H3,(H,28,29)/t14-,16-,17+,18+,19-,20+,22-/m0/s1. The summed E-state index contributed by atoms with van der Waals surface area (Å²) in [6.45, 7) is 7.72. The molecular formula is C25H36O7. The maximum Gasteiger partial charge on any atom is 0.311 e. The summed E-state index contributed by atoms with van der Waals surface area (Å²) in [6.07, 6.45) is 7.01. The van der Waals surface area contributed by atoms with Crippen LogP contribution in [-0.4, -0.2) is 46.4 Å². The Morgan fingerprint density at radius 1 is 1.25 bits per heavy atom. The summed E-state index contributed by atoms with van der Waals surface area (Å²) < 4.78 is 11.4. The smallest absolute Gasteiger partial charge is 0.311 e. The number of esters is 2. The maximum atomic E-state index is 12.9. The molecular weight excluding hydrogens is 412 g/mol. The molecule has 3 rings (SSSR count). The number of carbonyl (C=O) groups excluding carboxylic acids is 2. The molecule has 0 aromatic rings. The van der Waals surface area contributed by atoms with E-state index >= 15 is 0 Å². The molecule has 0 bridgehead atoms. The van der Waals surface area contributed by atoms with E-state index < -0.39 is 29.5 Å². The van der Waals surface area contributed by atoms with Crippen molar-refractivity contribution in [2.45, 2.75) is 84.5 Å². The highest BCUT2D eigenvalue weighted by Crippen LogP contribution is 2.45. The zero-order valence-electron chi connectivity index (χ0n) is 19.5. The number of carbonyl (C=O) groups is 3. The Hall–Kier alpha value is -2.15. The van der Waals surface area contributed by atoms with E-state index in [1.807, 2.05) is 26.8 Å². The van der Waals surface area contributed by atoms with Gasteiger partial charge in [0.05, 0.1) is 23.9 Å². The molecule has 7 heteroatoms. The first-order valence-electron chi connectivity index (χ1n) is 11.7. The van der Waals surface area contributed by atoms with E-state index in [0.29, 0.717) is 19.3 Å². The summed E-state index contributed by atoms with van der Waals surface area (Å²) in [4.78, 5) is 36.4. The number of carboxylic acids is 1. The molecule has 0 amide bonds. The number of cyclic esters (lactones) is 1. The molecule has 1 fully saturated rings. The Labute approximate surface area is 189 Å². The first-order valence-corrected chi connectivity index (χ1v) is 11.7. The van der Waals surface area contributed by atoms with Gasteiger partial charge in [-0.2, -0.15) is 0 Å². The summed E-state index contributed by atoms with van der Waals surface area (Å²) in [7, 11) is 0. The Morgan fingerprint density at radius 3 is 2.59 bits per heavy atom. The van der Waals surface area contributed by atoms with E-state index in [4.69, 9.17) is 9.47 Å². The third-order valence-corrected chi connectivity index (χ3v) is 7.46. The van der Waals surface area contributed by atoms with Crippen LogP contribution in [0.15, 0.2) is 23.8 Å². The number of fused-ring (bicyclic) bond motifs is 1. The SMILES string of the molecule is CCC(C)(C)C(=O)O[C@@H]1C[C@@H](C(=O)O)C=C2C=C[C@H](C)[C@H](CC[C@@H]3C[C@@H](O)CC(=O)O3)[C@H]21. The van der Waals surface area contributed by atoms with Crippen molar-refractivity contribution in [1.82, 2.24) is 0 Å². The second-order valence-electron chi connectivity index (χ2n) is 10.2. The zero-order chi connectivity index (χ0) is 23.6. The number of hydrogen-bond donors (Lipinski definition) is 2. The number of rotatable bonds is 7. The normalized spacial score (nSPS) is 34.8. The molecule has 32 heavy (non-hydrogen) atoms. The quantitative estimate of drug-likeness (QED) is 0.572. The third-order valence-electron chi connectivity index (χ3n) is 7.46. The topological polar surface area (TPSA) is 110 Å². The van der Waals surface area contributed by atoms with Gasteiger partial charge in [0.25, 0.3) is 0 Å². The van der Waals surface area contributed by atoms with Gasteiger partial charge in [0.1, 0.15) is 12.2 Å². The van der Waals surface area contributed by atoms with E-state index in [2.05, 4.69) is 13.0 Å². The molecule has 1 saturated heterocycles. The van der Waals surface area contributed by atoms with E-state index in [9.17, 15) is 24.6 Å². The largest absolute Gasteiger partial charge is 0.481 e. The van der Waals surface area contributed by atoms with Crippen molar-refractivity contribution < 1.29 is 34.1 Å². The molecule has 1 aliphatic heterocycles. The van der Waals surface area contributed by atoms with Gasteiger partial charge in [0, 0.05) is 18.8 Å². The van der Waals surface area contributed by atoms with E-state index in [-0.39, 0.29) is 48.6 Å². The van der Waals surface area contributed by atoms with Gasteiger partial charge >= 0.3 is 17.9 Å². The van der Waals surface area contributed by atoms with Crippen LogP contribution >= 0.6 is 0 Å². The molecule has 2 N–H and O–H groups in total. The Balaban J connectivity index is 1.82. The molecule has 0 aromatic carbocycles. The van der Waals surface area contributed by atoms with Crippen LogP contribution in [0.25, 0.3) is 0 Å². The van der Waals surface area contributed by atoms with Crippen molar-refractivity contribution in [1.29, 1.82) is 0 Å². The molecule has 2 aliphatic carbocycles. The summed E-state index contributed by atoms with van der Waals surface area (Å²) in [5.41, 5.74) is 0.262. The van der Waals surface area contributed by atoms with Gasteiger partial charge in [-0.15, -0.1) is 0 Å². The van der Waals surface area contributed by atoms with Crippen LogP contribution in [0.1, 0.15) is 66.2 Å². The van der Waals surface area contributed by atoms with Gasteiger partial charge in [-0.1, -0.05) is 32.1 Å². The predicted molar refractivity (Wildman–Crippen MR) is 117 cm³/mol. The van der Waals surface area contributed by atoms with Crippen LogP contribution in [0, 0.1) is 29.1 Å². The van der Waals surface area contributed by atoms with Gasteiger partial charge in [0.2, 0.25) is 0 Å². The van der Waals surface area contributed by atoms with Crippen molar-refractivity contribution in [2.75, 3.05) is 0 Å². The molecule has 178 valence electrons. The molecule has 0 saturated carbocycles. The van der Waals surface area contributed by atoms with Crippen LogP contribution < -0.4 is 0 Å². The number of aliphatic carboxylic acids is 1. The second kappa shape index (κ2) is 9.77. The van der Waals surface area contributed by atoms with Crippen LogP contribution in [0.3, 0.4) is 0 Å². The lowest BCUT2D eigenvalue weighted by Gasteiger charge is -2.44. The fourth-order valence-electron chi connectivity index (χ4n) is 5.04. The summed E-state index contributed by atoms with van der Waals surface area (Å²) in [6, 6.07) is 0. The average molecular weight is 449 g/mol. The number of aliphatic hydroxyl groups is 1. The Bertz CT molecular complexity index is 796. The van der Waals surface area contributed by atoms with Crippen LogP contribution in [0.4, 0.5) is 0 Å². The fourth-order valence-corrected chi connectivity index (χ4v) is 5.04. The molecule has 0 aromatic heterocycles. The van der Waals surface area contributed by atoms with Crippen molar-refractivity contribution in [3.8, 4) is 0 Å². The lowest BCUT2D eigenvalue weighted by atomic mass is 9.65. The maximum absolute atomic E-state index is 12.9. The highest BCUT2D eigenvalue weighted by atomic mass is 16.6. The zero-order valence-corrected chi connectivity index (χ0v) is 19.5. The van der Waals surface area contributed by atoms with Gasteiger partial charge in [-0.3, -0.25) is 14.4 Å². The van der Waals surface area contributed by atoms with Gasteiger partial charge in [-0.05, 0) is 50.5 Å². The summed E-state index contributed by atoms with van der Waals surface area (Å²) >= 11 is 0. The fraction of sp³-hybridized carbons (Fsp3) is 0.720. The van der Waals surface area contributed by atoms with Crippen molar-refractivity contribution in [2.24, 2.45) is 29.1 Å². The van der Waals surface area contributed by atoms with Crippen molar-refractivity contribution in [3.05, 3.63) is 23.8 Å². The molecule has 0 spiro atoms. The molecule has 7 atom stereocenters. The third kappa shape index (κ3) is 5.42. The Morgan fingerprint density at radius 2 is 1.97 bits per heavy atom. The van der Waals surface area contributed by atoms with Gasteiger partial charge in [-0.25, -0.2) is 0 Å². The lowest BCUT2D eigenvalue weighted by molar-refractivity contribution is -0.167. The highest BCUT2D eigenvalue weighted by molar-refractivity contribution is 5.77. The first kappa shape index (κ1) is 24.5. The minimum atomic E-state index is -0.918. The van der Waals surface area contributed by atoms with Crippen LogP contribution in [0.5, 0.6) is 0 Å². The average Bonchev–Trinajstić information content (AvgIpc) is 2.72. The number of ether oxygens (including phenoxy) is 2.